The molecule has 0 spiro atoms. The van der Waals surface area contributed by atoms with Gasteiger partial charge < -0.3 is 20.2 Å². The summed E-state index contributed by atoms with van der Waals surface area (Å²) in [4.78, 5) is 27.2. The molecular weight excluding hydrogens is 246 g/mol. The molecule has 1 heterocycles. The minimum absolute atomic E-state index is 0.0731. The predicted octanol–water partition coefficient (Wildman–Crippen LogP) is 0.833. The average Bonchev–Trinajstić information content (AvgIpc) is 2.59. The minimum Gasteiger partial charge on any atom is -0.480 e. The number of carboxylic acids is 1. The highest BCUT2D eigenvalue weighted by Crippen LogP contribution is 2.09. The van der Waals surface area contributed by atoms with Gasteiger partial charge in [0, 0.05) is 19.6 Å². The summed E-state index contributed by atoms with van der Waals surface area (Å²) in [7, 11) is 2.03. The number of aliphatic carboxylic acids is 1. The quantitative estimate of drug-likeness (QED) is 0.794. The van der Waals surface area contributed by atoms with E-state index in [-0.39, 0.29) is 11.9 Å². The van der Waals surface area contributed by atoms with Gasteiger partial charge in [-0.1, -0.05) is 20.3 Å². The van der Waals surface area contributed by atoms with Crippen LogP contribution in [-0.4, -0.2) is 66.2 Å². The van der Waals surface area contributed by atoms with Crippen LogP contribution < -0.4 is 5.32 Å². The molecule has 19 heavy (non-hydrogen) atoms. The maximum absolute atomic E-state index is 12.1. The van der Waals surface area contributed by atoms with Crippen LogP contribution in [0.1, 0.15) is 26.7 Å². The highest BCUT2D eigenvalue weighted by Gasteiger charge is 2.27. The van der Waals surface area contributed by atoms with E-state index in [9.17, 15) is 14.7 Å². The van der Waals surface area contributed by atoms with Gasteiger partial charge in [-0.05, 0) is 25.9 Å². The lowest BCUT2D eigenvalue weighted by atomic mass is 9.99. The number of amides is 2. The standard InChI is InChI=1S/C13H25N3O3/c1-4-10(2)11(12(17)18)14-13(19)16-7-5-6-15(3)8-9-16/h10-11H,4-9H2,1-3H3,(H,14,19)(H,17,18)/t10-,11-/m0/s1. The van der Waals surface area contributed by atoms with E-state index in [0.717, 1.165) is 25.9 Å². The van der Waals surface area contributed by atoms with Gasteiger partial charge >= 0.3 is 12.0 Å². The second kappa shape index (κ2) is 7.33. The number of rotatable bonds is 4. The fourth-order valence-electron chi connectivity index (χ4n) is 2.16. The third-order valence-electron chi connectivity index (χ3n) is 3.76. The van der Waals surface area contributed by atoms with E-state index in [1.165, 1.54) is 0 Å². The Bertz CT molecular complexity index is 322. The lowest BCUT2D eigenvalue weighted by molar-refractivity contribution is -0.140. The third kappa shape index (κ3) is 4.70. The molecule has 0 aromatic heterocycles. The number of urea groups is 1. The van der Waals surface area contributed by atoms with Crippen LogP contribution in [0, 0.1) is 5.92 Å². The first-order chi connectivity index (χ1) is 8.95. The highest BCUT2D eigenvalue weighted by atomic mass is 16.4. The molecule has 1 rings (SSSR count). The zero-order chi connectivity index (χ0) is 14.4. The Balaban J connectivity index is 2.58. The van der Waals surface area contributed by atoms with Gasteiger partial charge in [0.2, 0.25) is 0 Å². The van der Waals surface area contributed by atoms with Crippen molar-refractivity contribution < 1.29 is 14.7 Å². The number of hydrogen-bond donors (Lipinski definition) is 2. The fraction of sp³-hybridized carbons (Fsp3) is 0.846. The molecule has 0 saturated carbocycles. The van der Waals surface area contributed by atoms with Gasteiger partial charge in [0.1, 0.15) is 6.04 Å². The molecule has 1 fully saturated rings. The highest BCUT2D eigenvalue weighted by molar-refractivity contribution is 5.82. The number of likely N-dealkylation sites (N-methyl/N-ethyl adjacent to an activating group) is 1. The predicted molar refractivity (Wildman–Crippen MR) is 73.1 cm³/mol. The lowest BCUT2D eigenvalue weighted by Gasteiger charge is -2.26. The van der Waals surface area contributed by atoms with Crippen molar-refractivity contribution in [2.24, 2.45) is 5.92 Å². The van der Waals surface area contributed by atoms with Crippen LogP contribution >= 0.6 is 0 Å². The Morgan fingerprint density at radius 2 is 1.95 bits per heavy atom. The van der Waals surface area contributed by atoms with Crippen LogP contribution in [0.3, 0.4) is 0 Å². The number of carboxylic acid groups (broad SMARTS) is 1. The maximum Gasteiger partial charge on any atom is 0.326 e. The molecule has 2 N–H and O–H groups in total. The van der Waals surface area contributed by atoms with Crippen LogP contribution in [0.25, 0.3) is 0 Å². The van der Waals surface area contributed by atoms with Crippen molar-refractivity contribution in [3.05, 3.63) is 0 Å². The van der Waals surface area contributed by atoms with Gasteiger partial charge in [0.15, 0.2) is 0 Å². The molecule has 1 aliphatic heterocycles. The van der Waals surface area contributed by atoms with E-state index < -0.39 is 12.0 Å². The lowest BCUT2D eigenvalue weighted by Crippen LogP contribution is -2.51. The maximum atomic E-state index is 12.1. The van der Waals surface area contributed by atoms with Crippen molar-refractivity contribution in [1.29, 1.82) is 0 Å². The van der Waals surface area contributed by atoms with E-state index in [0.29, 0.717) is 13.1 Å². The average molecular weight is 271 g/mol. The Morgan fingerprint density at radius 3 is 2.53 bits per heavy atom. The molecule has 0 bridgehead atoms. The van der Waals surface area contributed by atoms with Crippen molar-refractivity contribution in [3.8, 4) is 0 Å². The molecule has 1 saturated heterocycles. The van der Waals surface area contributed by atoms with Gasteiger partial charge in [-0.25, -0.2) is 9.59 Å². The number of carbonyl (C=O) groups is 2. The van der Waals surface area contributed by atoms with Gasteiger partial charge in [0.25, 0.3) is 0 Å². The molecule has 6 nitrogen and oxygen atoms in total. The molecule has 110 valence electrons. The summed E-state index contributed by atoms with van der Waals surface area (Å²) < 4.78 is 0. The van der Waals surface area contributed by atoms with Crippen molar-refractivity contribution in [2.75, 3.05) is 33.2 Å². The second-order valence-corrected chi connectivity index (χ2v) is 5.29. The fourth-order valence-corrected chi connectivity index (χ4v) is 2.16. The summed E-state index contributed by atoms with van der Waals surface area (Å²) in [5.74, 6) is -1.04. The smallest absolute Gasteiger partial charge is 0.326 e. The van der Waals surface area contributed by atoms with Crippen LogP contribution in [0.2, 0.25) is 0 Å². The van der Waals surface area contributed by atoms with Crippen molar-refractivity contribution in [3.63, 3.8) is 0 Å². The van der Waals surface area contributed by atoms with Gasteiger partial charge in [-0.15, -0.1) is 0 Å². The summed E-state index contributed by atoms with van der Waals surface area (Å²) >= 11 is 0. The molecule has 2 amide bonds. The Kier molecular flexibility index (Phi) is 6.08. The van der Waals surface area contributed by atoms with Crippen molar-refractivity contribution in [1.82, 2.24) is 15.1 Å². The van der Waals surface area contributed by atoms with E-state index in [1.54, 1.807) is 4.90 Å². The van der Waals surface area contributed by atoms with Gasteiger partial charge in [-0.2, -0.15) is 0 Å². The topological polar surface area (TPSA) is 72.9 Å². The molecule has 0 aliphatic carbocycles. The number of hydrogen-bond acceptors (Lipinski definition) is 3. The first-order valence-corrected chi connectivity index (χ1v) is 6.92. The monoisotopic (exact) mass is 271 g/mol. The number of carbonyl (C=O) groups excluding carboxylic acids is 1. The zero-order valence-electron chi connectivity index (χ0n) is 12.1. The Morgan fingerprint density at radius 1 is 1.26 bits per heavy atom. The largest absolute Gasteiger partial charge is 0.480 e. The van der Waals surface area contributed by atoms with E-state index in [4.69, 9.17) is 0 Å². The molecule has 1 aliphatic rings. The normalized spacial score (nSPS) is 20.5. The zero-order valence-corrected chi connectivity index (χ0v) is 12.1. The summed E-state index contributed by atoms with van der Waals surface area (Å²) in [6.45, 7) is 6.90. The summed E-state index contributed by atoms with van der Waals surface area (Å²) in [5.41, 5.74) is 0. The first-order valence-electron chi connectivity index (χ1n) is 6.92. The molecule has 0 aromatic carbocycles. The van der Waals surface area contributed by atoms with Crippen LogP contribution in [0.5, 0.6) is 0 Å². The number of nitrogens with zero attached hydrogens (tertiary/aromatic N) is 2. The molecule has 0 aromatic rings. The first kappa shape index (κ1) is 15.8. The third-order valence-corrected chi connectivity index (χ3v) is 3.76. The molecule has 0 unspecified atom stereocenters. The summed E-state index contributed by atoms with van der Waals surface area (Å²) in [6.07, 6.45) is 1.64. The Hall–Kier alpha value is -1.30. The molecule has 6 heteroatoms. The van der Waals surface area contributed by atoms with Gasteiger partial charge in [-0.3, -0.25) is 0 Å². The minimum atomic E-state index is -0.963. The molecule has 2 atom stereocenters. The van der Waals surface area contributed by atoms with E-state index >= 15 is 0 Å². The van der Waals surface area contributed by atoms with E-state index in [1.807, 2.05) is 20.9 Å². The second-order valence-electron chi connectivity index (χ2n) is 5.29. The Labute approximate surface area is 114 Å². The summed E-state index contributed by atoms with van der Waals surface area (Å²) in [5, 5.41) is 11.8. The summed E-state index contributed by atoms with van der Waals surface area (Å²) in [6, 6.07) is -1.07. The van der Waals surface area contributed by atoms with Gasteiger partial charge in [0.05, 0.1) is 0 Å². The van der Waals surface area contributed by atoms with E-state index in [2.05, 4.69) is 10.2 Å². The number of nitrogens with one attached hydrogen (secondary N) is 1. The van der Waals surface area contributed by atoms with Crippen molar-refractivity contribution in [2.45, 2.75) is 32.7 Å². The molecule has 0 radical (unpaired) electrons. The van der Waals surface area contributed by atoms with Crippen molar-refractivity contribution >= 4 is 12.0 Å². The van der Waals surface area contributed by atoms with Crippen LogP contribution in [0.4, 0.5) is 4.79 Å². The van der Waals surface area contributed by atoms with Crippen LogP contribution in [0.15, 0.2) is 0 Å². The molecular formula is C13H25N3O3. The SMILES string of the molecule is CC[C@H](C)[C@H](NC(=O)N1CCCN(C)CC1)C(=O)O. The van der Waals surface area contributed by atoms with Crippen LogP contribution in [-0.2, 0) is 4.79 Å².